The third-order valence-corrected chi connectivity index (χ3v) is 5.55. The smallest absolute Gasteiger partial charge is 0.222 e. The third-order valence-electron chi connectivity index (χ3n) is 5.06. The van der Waals surface area contributed by atoms with Crippen LogP contribution in [0, 0.1) is 0 Å². The molecule has 2 heterocycles. The topological polar surface area (TPSA) is 48.1 Å². The van der Waals surface area contributed by atoms with Crippen LogP contribution in [0.5, 0.6) is 0 Å². The van der Waals surface area contributed by atoms with Gasteiger partial charge in [0.2, 0.25) is 5.91 Å². The molecule has 1 aliphatic rings. The summed E-state index contributed by atoms with van der Waals surface area (Å²) in [6, 6.07) is 13.6. The molecular weight excluding hydrogens is 381 g/mol. The minimum Gasteiger partial charge on any atom is -0.354 e. The van der Waals surface area contributed by atoms with E-state index in [1.54, 1.807) is 0 Å². The fraction of sp³-hybridized carbons (Fsp3) is 0.286. The average molecular weight is 402 g/mol. The number of nitrogens with one attached hydrogen (secondary N) is 2. The number of nitrogens with zero attached hydrogens (tertiary/aromatic N) is 1. The molecule has 1 aromatic heterocycles. The van der Waals surface area contributed by atoms with E-state index in [0.717, 1.165) is 53.9 Å². The van der Waals surface area contributed by atoms with Crippen molar-refractivity contribution >= 4 is 40.0 Å². The molecule has 0 saturated carbocycles. The van der Waals surface area contributed by atoms with Crippen molar-refractivity contribution < 1.29 is 4.79 Å². The van der Waals surface area contributed by atoms with E-state index in [9.17, 15) is 4.79 Å². The van der Waals surface area contributed by atoms with Crippen LogP contribution in [0.15, 0.2) is 42.5 Å². The van der Waals surface area contributed by atoms with Gasteiger partial charge in [0, 0.05) is 59.2 Å². The fourth-order valence-electron chi connectivity index (χ4n) is 3.65. The van der Waals surface area contributed by atoms with Crippen LogP contribution in [-0.4, -0.2) is 42.0 Å². The lowest BCUT2D eigenvalue weighted by Crippen LogP contribution is -2.46. The van der Waals surface area contributed by atoms with Crippen molar-refractivity contribution in [1.82, 2.24) is 15.2 Å². The van der Waals surface area contributed by atoms with Gasteiger partial charge in [0.25, 0.3) is 0 Å². The van der Waals surface area contributed by atoms with Crippen molar-refractivity contribution in [1.29, 1.82) is 0 Å². The van der Waals surface area contributed by atoms with Crippen LogP contribution in [0.3, 0.4) is 0 Å². The largest absolute Gasteiger partial charge is 0.354 e. The number of H-pyrrole nitrogens is 1. The van der Waals surface area contributed by atoms with Gasteiger partial charge in [-0.3, -0.25) is 4.79 Å². The molecule has 1 fully saturated rings. The van der Waals surface area contributed by atoms with E-state index in [2.05, 4.69) is 10.3 Å². The molecule has 0 aliphatic carbocycles. The van der Waals surface area contributed by atoms with Crippen molar-refractivity contribution in [2.45, 2.75) is 12.8 Å². The molecule has 6 heteroatoms. The molecule has 0 radical (unpaired) electrons. The van der Waals surface area contributed by atoms with E-state index in [-0.39, 0.29) is 5.91 Å². The summed E-state index contributed by atoms with van der Waals surface area (Å²) in [7, 11) is 0. The van der Waals surface area contributed by atoms with Crippen molar-refractivity contribution in [2.75, 3.05) is 26.2 Å². The number of rotatable bonds is 4. The monoisotopic (exact) mass is 401 g/mol. The zero-order valence-corrected chi connectivity index (χ0v) is 16.4. The van der Waals surface area contributed by atoms with E-state index in [0.29, 0.717) is 22.9 Å². The number of piperazine rings is 1. The number of halogens is 2. The van der Waals surface area contributed by atoms with Crippen LogP contribution >= 0.6 is 23.2 Å². The fourth-order valence-corrected chi connectivity index (χ4v) is 3.94. The summed E-state index contributed by atoms with van der Waals surface area (Å²) in [5.41, 5.74) is 4.22. The summed E-state index contributed by atoms with van der Waals surface area (Å²) < 4.78 is 0. The molecule has 27 heavy (non-hydrogen) atoms. The summed E-state index contributed by atoms with van der Waals surface area (Å²) in [5, 5.41) is 5.75. The Labute approximate surface area is 168 Å². The summed E-state index contributed by atoms with van der Waals surface area (Å²) in [4.78, 5) is 18.1. The number of fused-ring (bicyclic) bond motifs is 1. The maximum atomic E-state index is 12.6. The molecule has 1 aliphatic heterocycles. The van der Waals surface area contributed by atoms with Gasteiger partial charge in [-0.1, -0.05) is 35.3 Å². The van der Waals surface area contributed by atoms with Crippen LogP contribution in [-0.2, 0) is 11.2 Å². The molecule has 0 spiro atoms. The molecule has 140 valence electrons. The molecule has 4 nitrogen and oxygen atoms in total. The minimum absolute atomic E-state index is 0.204. The van der Waals surface area contributed by atoms with Crippen molar-refractivity contribution in [3.8, 4) is 11.3 Å². The van der Waals surface area contributed by atoms with Crippen LogP contribution < -0.4 is 5.32 Å². The second-order valence-electron chi connectivity index (χ2n) is 6.81. The predicted octanol–water partition coefficient (Wildman–Crippen LogP) is 4.51. The first-order valence-electron chi connectivity index (χ1n) is 9.16. The lowest BCUT2D eigenvalue weighted by Gasteiger charge is -2.27. The Bertz CT molecular complexity index is 959. The summed E-state index contributed by atoms with van der Waals surface area (Å²) in [6.07, 6.45) is 1.15. The summed E-state index contributed by atoms with van der Waals surface area (Å²) in [6.45, 7) is 3.29. The Morgan fingerprint density at radius 1 is 1.00 bits per heavy atom. The molecule has 1 saturated heterocycles. The van der Waals surface area contributed by atoms with E-state index in [1.807, 2.05) is 47.4 Å². The molecule has 4 rings (SSSR count). The first kappa shape index (κ1) is 18.4. The SMILES string of the molecule is O=C(CCc1c(-c2ccc(Cl)cc2)[nH]c2ccc(Cl)cc12)N1CCNCC1. The Morgan fingerprint density at radius 3 is 2.44 bits per heavy atom. The van der Waals surface area contributed by atoms with Gasteiger partial charge in [-0.25, -0.2) is 0 Å². The first-order valence-corrected chi connectivity index (χ1v) is 9.92. The van der Waals surface area contributed by atoms with E-state index in [4.69, 9.17) is 23.2 Å². The highest BCUT2D eigenvalue weighted by Crippen LogP contribution is 2.33. The Balaban J connectivity index is 1.66. The lowest BCUT2D eigenvalue weighted by atomic mass is 10.0. The van der Waals surface area contributed by atoms with Gasteiger partial charge in [-0.2, -0.15) is 0 Å². The van der Waals surface area contributed by atoms with Gasteiger partial charge in [0.15, 0.2) is 0 Å². The summed E-state index contributed by atoms with van der Waals surface area (Å²) >= 11 is 12.3. The number of aromatic nitrogens is 1. The van der Waals surface area contributed by atoms with Crippen LogP contribution in [0.1, 0.15) is 12.0 Å². The lowest BCUT2D eigenvalue weighted by molar-refractivity contribution is -0.131. The molecule has 1 amide bonds. The second-order valence-corrected chi connectivity index (χ2v) is 7.68. The van der Waals surface area contributed by atoms with Crippen LogP contribution in [0.2, 0.25) is 10.0 Å². The number of carbonyl (C=O) groups is 1. The Hall–Kier alpha value is -2.01. The first-order chi connectivity index (χ1) is 13.1. The molecule has 0 atom stereocenters. The number of hydrogen-bond acceptors (Lipinski definition) is 2. The molecule has 2 N–H and O–H groups in total. The second kappa shape index (κ2) is 7.93. The standard InChI is InChI=1S/C21H21Cl2N3O/c22-15-3-1-14(2-4-15)21-17(18-13-16(23)5-7-19(18)25-21)6-8-20(27)26-11-9-24-10-12-26/h1-5,7,13,24-25H,6,8-12H2. The maximum Gasteiger partial charge on any atom is 0.222 e. The molecule has 0 unspecified atom stereocenters. The zero-order chi connectivity index (χ0) is 18.8. The number of benzene rings is 2. The van der Waals surface area contributed by atoms with Crippen molar-refractivity contribution in [3.63, 3.8) is 0 Å². The molecule has 3 aromatic rings. The molecule has 2 aromatic carbocycles. The average Bonchev–Trinajstić information content (AvgIpc) is 3.05. The van der Waals surface area contributed by atoms with Crippen LogP contribution in [0.25, 0.3) is 22.2 Å². The van der Waals surface area contributed by atoms with E-state index >= 15 is 0 Å². The molecule has 0 bridgehead atoms. The van der Waals surface area contributed by atoms with Gasteiger partial charge in [-0.05, 0) is 47.9 Å². The number of carbonyl (C=O) groups excluding carboxylic acids is 1. The number of hydrogen-bond donors (Lipinski definition) is 2. The van der Waals surface area contributed by atoms with Gasteiger partial charge < -0.3 is 15.2 Å². The van der Waals surface area contributed by atoms with Gasteiger partial charge >= 0.3 is 0 Å². The van der Waals surface area contributed by atoms with E-state index in [1.165, 1.54) is 0 Å². The zero-order valence-electron chi connectivity index (χ0n) is 14.9. The quantitative estimate of drug-likeness (QED) is 0.675. The minimum atomic E-state index is 0.204. The van der Waals surface area contributed by atoms with Gasteiger partial charge in [-0.15, -0.1) is 0 Å². The van der Waals surface area contributed by atoms with Crippen LogP contribution in [0.4, 0.5) is 0 Å². The highest BCUT2D eigenvalue weighted by Gasteiger charge is 2.19. The van der Waals surface area contributed by atoms with Gasteiger partial charge in [0.1, 0.15) is 0 Å². The maximum absolute atomic E-state index is 12.6. The Kier molecular flexibility index (Phi) is 5.39. The Morgan fingerprint density at radius 2 is 1.70 bits per heavy atom. The van der Waals surface area contributed by atoms with Crippen molar-refractivity contribution in [3.05, 3.63) is 58.1 Å². The number of amides is 1. The molecular formula is C21H21Cl2N3O. The summed E-state index contributed by atoms with van der Waals surface area (Å²) in [5.74, 6) is 0.204. The predicted molar refractivity (Wildman–Crippen MR) is 112 cm³/mol. The number of aryl methyl sites for hydroxylation is 1. The third kappa shape index (κ3) is 3.98. The number of aromatic amines is 1. The van der Waals surface area contributed by atoms with E-state index < -0.39 is 0 Å². The highest BCUT2D eigenvalue weighted by atomic mass is 35.5. The van der Waals surface area contributed by atoms with Crippen molar-refractivity contribution in [2.24, 2.45) is 0 Å². The van der Waals surface area contributed by atoms with Gasteiger partial charge in [0.05, 0.1) is 0 Å². The highest BCUT2D eigenvalue weighted by molar-refractivity contribution is 6.31. The normalized spacial score (nSPS) is 14.7.